The summed E-state index contributed by atoms with van der Waals surface area (Å²) in [5.74, 6) is 1.48. The summed E-state index contributed by atoms with van der Waals surface area (Å²) in [5, 5.41) is 0. The summed E-state index contributed by atoms with van der Waals surface area (Å²) in [6.45, 7) is 4.12. The molecular weight excluding hydrogens is 1070 g/mol. The molecule has 0 atom stereocenters. The summed E-state index contributed by atoms with van der Waals surface area (Å²) in [4.78, 5) is 10.1. The number of para-hydroxylation sites is 6. The van der Waals surface area contributed by atoms with E-state index < -0.39 is 6.85 Å². The summed E-state index contributed by atoms with van der Waals surface area (Å²) in [6.07, 6.45) is 0. The van der Waals surface area contributed by atoms with Crippen molar-refractivity contribution >= 4 is 46.4 Å². The van der Waals surface area contributed by atoms with Gasteiger partial charge in [-0.1, -0.05) is 54.6 Å². The van der Waals surface area contributed by atoms with Gasteiger partial charge >= 0.3 is 361 Å². The topological polar surface area (TPSA) is 38.5 Å². The molecular formula is C65H50BN5OPt. The Bertz CT molecular complexity index is 4140. The van der Waals surface area contributed by atoms with Crippen molar-refractivity contribution in [1.29, 1.82) is 0 Å². The van der Waals surface area contributed by atoms with Crippen molar-refractivity contribution in [2.45, 2.75) is 33.0 Å². The van der Waals surface area contributed by atoms with Crippen LogP contribution in [0.2, 0.25) is 0 Å². The van der Waals surface area contributed by atoms with Gasteiger partial charge in [0.15, 0.2) is 0 Å². The van der Waals surface area contributed by atoms with E-state index in [2.05, 4.69) is 235 Å². The zero-order valence-electron chi connectivity index (χ0n) is 43.5. The quantitative estimate of drug-likeness (QED) is 0.142. The van der Waals surface area contributed by atoms with E-state index in [1.54, 1.807) is 12.1 Å². The minimum absolute atomic E-state index is 0.0379. The second-order valence-corrected chi connectivity index (χ2v) is 20.7. The summed E-state index contributed by atoms with van der Waals surface area (Å²) in [5.41, 5.74) is 17.7. The molecule has 73 heavy (non-hydrogen) atoms. The van der Waals surface area contributed by atoms with Crippen LogP contribution in [0, 0.1) is 10.7 Å². The molecule has 0 saturated heterocycles. The van der Waals surface area contributed by atoms with Crippen LogP contribution in [0.15, 0.2) is 231 Å². The maximum absolute atomic E-state index is 8.63. The van der Waals surface area contributed by atoms with Gasteiger partial charge < -0.3 is 0 Å². The fourth-order valence-electron chi connectivity index (χ4n) is 10.9. The third-order valence-electron chi connectivity index (χ3n) is 14.3. The molecule has 0 fully saturated rings. The Kier molecular flexibility index (Phi) is 10.1. The molecule has 9 aromatic carbocycles. The molecule has 0 bridgehead atoms. The molecule has 4 heterocycles. The van der Waals surface area contributed by atoms with Crippen LogP contribution in [0.3, 0.4) is 0 Å². The van der Waals surface area contributed by atoms with Crippen molar-refractivity contribution in [3.8, 4) is 67.5 Å². The third kappa shape index (κ3) is 7.52. The molecule has 6 nitrogen and oxygen atoms in total. The van der Waals surface area contributed by atoms with E-state index in [1.165, 1.54) is 11.1 Å². The number of hydrogen-bond acceptors (Lipinski definition) is 4. The Hall–Kier alpha value is -8.25. The zero-order valence-corrected chi connectivity index (χ0v) is 42.7. The molecule has 354 valence electrons. The van der Waals surface area contributed by atoms with Gasteiger partial charge in [0.1, 0.15) is 0 Å². The number of imidazole rings is 1. The first kappa shape index (κ1) is 41.4. The molecule has 2 aromatic heterocycles. The number of ether oxygens (including phenoxy) is 1. The van der Waals surface area contributed by atoms with Gasteiger partial charge in [-0.25, -0.2) is 0 Å². The maximum atomic E-state index is 8.63. The number of fused-ring (bicyclic) bond motifs is 9. The number of pyridine rings is 1. The van der Waals surface area contributed by atoms with Crippen LogP contribution in [0.5, 0.6) is 11.6 Å². The average molecular weight is 1130 g/mol. The predicted octanol–water partition coefficient (Wildman–Crippen LogP) is 16.0. The molecule has 2 aliphatic rings. The van der Waals surface area contributed by atoms with Gasteiger partial charge in [0.05, 0.1) is 0 Å². The molecule has 0 radical (unpaired) electrons. The molecule has 13 rings (SSSR count). The van der Waals surface area contributed by atoms with Crippen LogP contribution in [-0.2, 0) is 24.8 Å². The first-order valence-corrected chi connectivity index (χ1v) is 25.8. The molecule has 11 aromatic rings. The number of benzene rings is 9. The molecule has 0 amide bonds. The third-order valence-corrected chi connectivity index (χ3v) is 15.3. The summed E-state index contributed by atoms with van der Waals surface area (Å²) in [6, 6.07) is 79.5. The number of aryl methyl sites for hydroxylation is 1. The number of hydrogen-bond donors (Lipinski definition) is 0. The second kappa shape index (κ2) is 17.8. The van der Waals surface area contributed by atoms with E-state index in [4.69, 9.17) is 13.8 Å². The zero-order chi connectivity index (χ0) is 51.9. The molecule has 2 aliphatic heterocycles. The number of nitrogens with zero attached hydrogens (tertiary/aromatic N) is 5. The van der Waals surface area contributed by atoms with Crippen molar-refractivity contribution < 1.29 is 28.2 Å². The van der Waals surface area contributed by atoms with Crippen molar-refractivity contribution in [3.63, 3.8) is 0 Å². The Labute approximate surface area is 441 Å². The first-order chi connectivity index (χ1) is 36.9. The SMILES string of the molecule is [2H]C([2H])([2H])c1ccccc1-c1ccc(N2B3c4ccccc4-c4ccccc4N3c3ccccc32)nc1Oc1cccc(-n2[c](=[Pt])n(-c3c(-c4ccccc4)cccc3-c3cccc(C(C)(C)C)c3)c3ccccc32)c1. The molecule has 0 aliphatic carbocycles. The van der Waals surface area contributed by atoms with Crippen LogP contribution in [-0.4, -0.2) is 21.1 Å². The van der Waals surface area contributed by atoms with Gasteiger partial charge in [-0.15, -0.1) is 0 Å². The van der Waals surface area contributed by atoms with Crippen molar-refractivity contribution in [2.75, 3.05) is 9.62 Å². The molecule has 8 heteroatoms. The fourth-order valence-corrected chi connectivity index (χ4v) is 12.0. The van der Waals surface area contributed by atoms with Crippen molar-refractivity contribution in [1.82, 2.24) is 14.1 Å². The fraction of sp³-hybridized carbons (Fsp3) is 0.0769. The Balaban J connectivity index is 0.980. The van der Waals surface area contributed by atoms with Gasteiger partial charge in [-0.2, -0.15) is 0 Å². The van der Waals surface area contributed by atoms with Gasteiger partial charge in [-0.05, 0) is 17.7 Å². The van der Waals surface area contributed by atoms with Gasteiger partial charge in [0.25, 0.3) is 0 Å². The van der Waals surface area contributed by atoms with E-state index in [-0.39, 0.29) is 23.8 Å². The monoisotopic (exact) mass is 1130 g/mol. The molecule has 0 N–H and O–H groups in total. The predicted molar refractivity (Wildman–Crippen MR) is 298 cm³/mol. The number of anilines is 4. The van der Waals surface area contributed by atoms with E-state index in [1.807, 2.05) is 42.5 Å². The van der Waals surface area contributed by atoms with E-state index in [9.17, 15) is 0 Å². The summed E-state index contributed by atoms with van der Waals surface area (Å²) < 4.78 is 38.6. The Morgan fingerprint density at radius 1 is 0.493 bits per heavy atom. The van der Waals surface area contributed by atoms with Gasteiger partial charge in [0.2, 0.25) is 0 Å². The van der Waals surface area contributed by atoms with E-state index >= 15 is 0 Å². The van der Waals surface area contributed by atoms with Gasteiger partial charge in [0, 0.05) is 11.3 Å². The Morgan fingerprint density at radius 2 is 1.10 bits per heavy atom. The minimum atomic E-state index is -2.39. The van der Waals surface area contributed by atoms with Crippen LogP contribution in [0.25, 0.3) is 66.9 Å². The van der Waals surface area contributed by atoms with Gasteiger partial charge in [-0.3, -0.25) is 0 Å². The first-order valence-electron chi connectivity index (χ1n) is 26.1. The van der Waals surface area contributed by atoms with Crippen molar-refractivity contribution in [3.05, 3.63) is 245 Å². The van der Waals surface area contributed by atoms with E-state index in [0.29, 0.717) is 22.7 Å². The molecule has 0 spiro atoms. The van der Waals surface area contributed by atoms with E-state index in [0.717, 1.165) is 76.6 Å². The number of aromatic nitrogens is 3. The van der Waals surface area contributed by atoms with Crippen molar-refractivity contribution in [2.24, 2.45) is 0 Å². The molecule has 0 saturated carbocycles. The van der Waals surface area contributed by atoms with Crippen LogP contribution < -0.4 is 19.8 Å². The normalized spacial score (nSPS) is 13.4. The second-order valence-electron chi connectivity index (χ2n) is 19.7. The standard InChI is InChI=1S/C65H50BN5O.Pt/c1-44-21-8-9-28-50(44)55-39-40-62(71-61-38-17-16-37-60(61)70-57-34-13-11-30-54(57)53-29-10-12-33-56(53)66(70)71)67-64(55)72-49-27-19-26-48(42-49)68-43-69(59-36-15-14-35-58(59)68)63-51(45-22-6-5-7-23-45)31-20-32-52(63)46-24-18-25-47(41-46)65(2,3)4;/h5-42H,1-4H3;/i1D3;. The molecule has 0 unspecified atom stereocenters. The summed E-state index contributed by atoms with van der Waals surface area (Å²) in [7, 11) is 0. The van der Waals surface area contributed by atoms with Crippen LogP contribution in [0.4, 0.5) is 22.9 Å². The van der Waals surface area contributed by atoms with Crippen LogP contribution >= 0.6 is 0 Å². The van der Waals surface area contributed by atoms with Crippen LogP contribution in [0.1, 0.15) is 36.0 Å². The Morgan fingerprint density at radius 3 is 1.88 bits per heavy atom. The summed E-state index contributed by atoms with van der Waals surface area (Å²) >= 11 is 2.48. The number of rotatable bonds is 8. The average Bonchev–Trinajstić information content (AvgIpc) is 4.04.